The number of ether oxygens (including phenoxy) is 3. The Morgan fingerprint density at radius 3 is 2.45 bits per heavy atom. The molecule has 2 atom stereocenters. The molecule has 0 saturated carbocycles. The molecule has 1 fully saturated rings. The van der Waals surface area contributed by atoms with Gasteiger partial charge in [-0.05, 0) is 32.9 Å². The van der Waals surface area contributed by atoms with Gasteiger partial charge in [0.15, 0.2) is 16.6 Å². The largest absolute Gasteiger partial charge is 0.493 e. The average molecular weight is 442 g/mol. The van der Waals surface area contributed by atoms with Crippen LogP contribution in [0.3, 0.4) is 0 Å². The van der Waals surface area contributed by atoms with Gasteiger partial charge in [0.1, 0.15) is 17.2 Å². The molecule has 1 aliphatic heterocycles. The molecule has 0 spiro atoms. The van der Waals surface area contributed by atoms with Gasteiger partial charge in [0, 0.05) is 6.92 Å². The monoisotopic (exact) mass is 441 g/mol. The Labute approximate surface area is 179 Å². The van der Waals surface area contributed by atoms with Gasteiger partial charge in [0.2, 0.25) is 5.91 Å². The third-order valence-electron chi connectivity index (χ3n) is 4.46. The van der Waals surface area contributed by atoms with Crippen LogP contribution in [0.4, 0.5) is 0 Å². The van der Waals surface area contributed by atoms with Crippen LogP contribution in [0.1, 0.15) is 27.7 Å². The molecule has 7 nitrogen and oxygen atoms in total. The fourth-order valence-electron chi connectivity index (χ4n) is 3.17. The summed E-state index contributed by atoms with van der Waals surface area (Å²) in [5.74, 6) is 0.572. The van der Waals surface area contributed by atoms with Gasteiger partial charge in [-0.25, -0.2) is 0 Å². The van der Waals surface area contributed by atoms with Crippen molar-refractivity contribution in [3.05, 3.63) is 24.3 Å². The summed E-state index contributed by atoms with van der Waals surface area (Å²) < 4.78 is 16.5. The first-order valence-corrected chi connectivity index (χ1v) is 11.2. The second-order valence-corrected chi connectivity index (χ2v) is 9.32. The number of hydrogen-bond acceptors (Lipinski definition) is 8. The number of benzene rings is 1. The Bertz CT molecular complexity index is 754. The van der Waals surface area contributed by atoms with Crippen molar-refractivity contribution < 1.29 is 28.6 Å². The zero-order valence-corrected chi connectivity index (χ0v) is 18.9. The molecule has 0 radical (unpaired) electrons. The third kappa shape index (κ3) is 5.60. The molecule has 29 heavy (non-hydrogen) atoms. The lowest BCUT2D eigenvalue weighted by Crippen LogP contribution is -2.54. The number of thioether (sulfide) groups is 2. The summed E-state index contributed by atoms with van der Waals surface area (Å²) >= 11 is 2.29. The zero-order chi connectivity index (χ0) is 21.6. The summed E-state index contributed by atoms with van der Waals surface area (Å²) in [6, 6.07) is 7.24. The van der Waals surface area contributed by atoms with Gasteiger partial charge in [-0.1, -0.05) is 23.9 Å². The molecule has 0 aliphatic carbocycles. The number of esters is 1. The molecule has 2 rings (SSSR count). The quantitative estimate of drug-likeness (QED) is 0.570. The summed E-state index contributed by atoms with van der Waals surface area (Å²) in [6.07, 6.45) is 0. The van der Waals surface area contributed by atoms with Crippen LogP contribution in [-0.4, -0.2) is 64.1 Å². The smallest absolute Gasteiger partial charge is 0.321 e. The normalized spacial score (nSPS) is 20.2. The SMILES string of the molecule is CCOC(=O)C1SC(COc2ccccc2OC)N(C(=O)CSC(C)=O)C1(C)C. The van der Waals surface area contributed by atoms with Crippen molar-refractivity contribution in [1.29, 1.82) is 0 Å². The van der Waals surface area contributed by atoms with E-state index >= 15 is 0 Å². The van der Waals surface area contributed by atoms with E-state index < -0.39 is 16.2 Å². The van der Waals surface area contributed by atoms with Crippen molar-refractivity contribution in [2.75, 3.05) is 26.1 Å². The first kappa shape index (κ1) is 23.4. The standard InChI is InChI=1S/C20H27NO6S2/c1-6-26-19(24)18-20(3,4)21(16(23)12-28-13(2)22)17(29-18)11-27-15-10-8-7-9-14(15)25-5/h7-10,17-18H,6,11-12H2,1-5H3. The molecule has 0 aromatic heterocycles. The van der Waals surface area contributed by atoms with Crippen LogP contribution >= 0.6 is 23.5 Å². The van der Waals surface area contributed by atoms with Crippen molar-refractivity contribution in [3.8, 4) is 11.5 Å². The molecule has 9 heteroatoms. The van der Waals surface area contributed by atoms with Crippen LogP contribution in [-0.2, 0) is 19.1 Å². The third-order valence-corrected chi connectivity index (χ3v) is 6.96. The highest BCUT2D eigenvalue weighted by Gasteiger charge is 2.54. The Kier molecular flexibility index (Phi) is 8.27. The van der Waals surface area contributed by atoms with Crippen molar-refractivity contribution in [1.82, 2.24) is 4.90 Å². The van der Waals surface area contributed by atoms with E-state index in [1.165, 1.54) is 18.7 Å². The molecule has 0 N–H and O–H groups in total. The number of rotatable bonds is 8. The maximum atomic E-state index is 12.9. The molecule has 1 aliphatic rings. The van der Waals surface area contributed by atoms with Gasteiger partial charge in [0.05, 0.1) is 25.0 Å². The molecule has 0 bridgehead atoms. The zero-order valence-electron chi connectivity index (χ0n) is 17.3. The maximum Gasteiger partial charge on any atom is 0.321 e. The lowest BCUT2D eigenvalue weighted by Gasteiger charge is -2.36. The van der Waals surface area contributed by atoms with E-state index in [-0.39, 0.29) is 36.0 Å². The summed E-state index contributed by atoms with van der Waals surface area (Å²) in [6.45, 7) is 7.27. The minimum Gasteiger partial charge on any atom is -0.493 e. The number of amides is 1. The van der Waals surface area contributed by atoms with E-state index in [9.17, 15) is 14.4 Å². The van der Waals surface area contributed by atoms with Gasteiger partial charge in [-0.15, -0.1) is 11.8 Å². The summed E-state index contributed by atoms with van der Waals surface area (Å²) in [5.41, 5.74) is -0.792. The molecule has 1 amide bonds. The highest BCUT2D eigenvalue weighted by molar-refractivity contribution is 8.14. The van der Waals surface area contributed by atoms with Crippen molar-refractivity contribution in [3.63, 3.8) is 0 Å². The van der Waals surface area contributed by atoms with Crippen molar-refractivity contribution in [2.45, 2.75) is 43.9 Å². The van der Waals surface area contributed by atoms with E-state index in [0.29, 0.717) is 11.5 Å². The predicted octanol–water partition coefficient (Wildman–Crippen LogP) is 2.97. The van der Waals surface area contributed by atoms with E-state index in [2.05, 4.69) is 0 Å². The molecule has 1 aromatic carbocycles. The minimum absolute atomic E-state index is 0.0139. The highest BCUT2D eigenvalue weighted by Crippen LogP contribution is 2.44. The Morgan fingerprint density at radius 1 is 1.21 bits per heavy atom. The molecule has 1 saturated heterocycles. The van der Waals surface area contributed by atoms with E-state index in [1.54, 1.807) is 31.1 Å². The van der Waals surface area contributed by atoms with Crippen LogP contribution in [0.2, 0.25) is 0 Å². The summed E-state index contributed by atoms with van der Waals surface area (Å²) in [7, 11) is 1.56. The minimum atomic E-state index is -0.792. The van der Waals surface area contributed by atoms with Gasteiger partial charge in [0.25, 0.3) is 0 Å². The van der Waals surface area contributed by atoms with Gasteiger partial charge < -0.3 is 19.1 Å². The van der Waals surface area contributed by atoms with Crippen LogP contribution in [0.15, 0.2) is 24.3 Å². The van der Waals surface area contributed by atoms with E-state index in [1.807, 2.05) is 26.0 Å². The Balaban J connectivity index is 2.24. The number of methoxy groups -OCH3 is 1. The highest BCUT2D eigenvalue weighted by atomic mass is 32.2. The number of carbonyl (C=O) groups is 3. The van der Waals surface area contributed by atoms with Gasteiger partial charge in [-0.2, -0.15) is 0 Å². The molecular weight excluding hydrogens is 414 g/mol. The first-order chi connectivity index (χ1) is 13.7. The van der Waals surface area contributed by atoms with Crippen LogP contribution < -0.4 is 9.47 Å². The molecule has 160 valence electrons. The molecular formula is C20H27NO6S2. The predicted molar refractivity (Wildman–Crippen MR) is 114 cm³/mol. The number of nitrogens with zero attached hydrogens (tertiary/aromatic N) is 1. The van der Waals surface area contributed by atoms with E-state index in [0.717, 1.165) is 11.8 Å². The number of hydrogen-bond donors (Lipinski definition) is 0. The average Bonchev–Trinajstić information content (AvgIpc) is 2.95. The maximum absolute atomic E-state index is 12.9. The topological polar surface area (TPSA) is 82.1 Å². The molecule has 1 aromatic rings. The van der Waals surface area contributed by atoms with Crippen molar-refractivity contribution >= 4 is 40.5 Å². The van der Waals surface area contributed by atoms with Crippen molar-refractivity contribution in [2.24, 2.45) is 0 Å². The van der Waals surface area contributed by atoms with Crippen LogP contribution in [0, 0.1) is 0 Å². The second kappa shape index (κ2) is 10.2. The fourth-order valence-corrected chi connectivity index (χ4v) is 5.23. The lowest BCUT2D eigenvalue weighted by molar-refractivity contribution is -0.146. The second-order valence-electron chi connectivity index (χ2n) is 6.88. The van der Waals surface area contributed by atoms with Gasteiger partial charge >= 0.3 is 5.97 Å². The molecule has 2 unspecified atom stereocenters. The summed E-state index contributed by atoms with van der Waals surface area (Å²) in [4.78, 5) is 38.4. The fraction of sp³-hybridized carbons (Fsp3) is 0.550. The number of carbonyl (C=O) groups excluding carboxylic acids is 3. The summed E-state index contributed by atoms with van der Waals surface area (Å²) in [5, 5.41) is -1.10. The Morgan fingerprint density at radius 2 is 1.86 bits per heavy atom. The number of para-hydroxylation sites is 2. The van der Waals surface area contributed by atoms with Crippen LogP contribution in [0.5, 0.6) is 11.5 Å². The lowest BCUT2D eigenvalue weighted by atomic mass is 9.97. The molecule has 1 heterocycles. The Hall–Kier alpha value is -1.87. The van der Waals surface area contributed by atoms with E-state index in [4.69, 9.17) is 14.2 Å². The van der Waals surface area contributed by atoms with Gasteiger partial charge in [-0.3, -0.25) is 14.4 Å². The first-order valence-electron chi connectivity index (χ1n) is 9.25. The van der Waals surface area contributed by atoms with Crippen LogP contribution in [0.25, 0.3) is 0 Å².